The second kappa shape index (κ2) is 7.75. The van der Waals surface area contributed by atoms with Crippen LogP contribution in [0.2, 0.25) is 0 Å². The third kappa shape index (κ3) is 3.44. The topological polar surface area (TPSA) is 156 Å². The monoisotopic (exact) mass is 476 g/mol. The lowest BCUT2D eigenvalue weighted by Crippen LogP contribution is -2.17. The van der Waals surface area contributed by atoms with Gasteiger partial charge in [0.15, 0.2) is 17.2 Å². The van der Waals surface area contributed by atoms with E-state index >= 15 is 0 Å². The van der Waals surface area contributed by atoms with Crippen LogP contribution in [0.1, 0.15) is 11.1 Å². The molecule has 3 aromatic heterocycles. The Morgan fingerprint density at radius 2 is 2.06 bits per heavy atom. The van der Waals surface area contributed by atoms with Gasteiger partial charge in [-0.2, -0.15) is 15.0 Å². The van der Waals surface area contributed by atoms with E-state index in [1.165, 1.54) is 36.2 Å². The lowest BCUT2D eigenvalue weighted by molar-refractivity contribution is 0.419. The van der Waals surface area contributed by atoms with Crippen molar-refractivity contribution in [1.82, 2.24) is 19.7 Å². The highest BCUT2D eigenvalue weighted by Crippen LogP contribution is 2.30. The predicted octanol–water partition coefficient (Wildman–Crippen LogP) is 2.84. The molecular weight excluding hydrogens is 460 g/mol. The average Bonchev–Trinajstić information content (AvgIpc) is 3.39. The van der Waals surface area contributed by atoms with E-state index in [0.717, 1.165) is 10.9 Å². The van der Waals surface area contributed by atoms with Gasteiger partial charge in [0.25, 0.3) is 10.0 Å². The number of aryl methyl sites for hydroxylation is 1. The smallest absolute Gasteiger partial charge is 0.417 e. The van der Waals surface area contributed by atoms with Gasteiger partial charge in [0.05, 0.1) is 23.7 Å². The van der Waals surface area contributed by atoms with Crippen LogP contribution in [0.25, 0.3) is 27.8 Å². The summed E-state index contributed by atoms with van der Waals surface area (Å²) in [6.07, 6.45) is 1.25. The normalized spacial score (nSPS) is 11.6. The molecule has 3 heterocycles. The molecule has 0 spiro atoms. The van der Waals surface area contributed by atoms with Crippen molar-refractivity contribution in [1.29, 1.82) is 5.26 Å². The number of hydrogen-bond acceptors (Lipinski definition) is 8. The molecule has 0 saturated carbocycles. The number of anilines is 1. The van der Waals surface area contributed by atoms with Gasteiger partial charge in [-0.05, 0) is 36.8 Å². The van der Waals surface area contributed by atoms with Crippen molar-refractivity contribution >= 4 is 37.8 Å². The summed E-state index contributed by atoms with van der Waals surface area (Å²) in [6.45, 7) is 1.88. The Bertz CT molecular complexity index is 1790. The fourth-order valence-electron chi connectivity index (χ4n) is 3.63. The lowest BCUT2D eigenvalue weighted by atomic mass is 10.1. The molecule has 0 atom stereocenters. The molecule has 2 aromatic carbocycles. The third-order valence-corrected chi connectivity index (χ3v) is 6.59. The van der Waals surface area contributed by atoms with E-state index in [-0.39, 0.29) is 21.9 Å². The van der Waals surface area contributed by atoms with E-state index in [9.17, 15) is 18.5 Å². The van der Waals surface area contributed by atoms with Crippen LogP contribution in [0.3, 0.4) is 0 Å². The highest BCUT2D eigenvalue weighted by atomic mass is 32.2. The molecule has 0 amide bonds. The molecule has 0 radical (unpaired) electrons. The molecule has 0 aliphatic rings. The third-order valence-electron chi connectivity index (χ3n) is 5.26. The largest absolute Gasteiger partial charge is 0.494 e. The number of ether oxygens (including phenoxy) is 1. The van der Waals surface area contributed by atoms with Crippen LogP contribution in [0.5, 0.6) is 5.75 Å². The number of aromatic amines is 1. The summed E-state index contributed by atoms with van der Waals surface area (Å²) in [7, 11) is -2.65. The van der Waals surface area contributed by atoms with Crippen LogP contribution in [0.15, 0.2) is 62.8 Å². The van der Waals surface area contributed by atoms with E-state index in [4.69, 9.17) is 9.15 Å². The van der Waals surface area contributed by atoms with Gasteiger partial charge < -0.3 is 9.15 Å². The van der Waals surface area contributed by atoms with Crippen molar-refractivity contribution in [3.05, 3.63) is 70.3 Å². The number of aromatic nitrogens is 4. The molecule has 5 aromatic rings. The second-order valence-electron chi connectivity index (χ2n) is 7.36. The van der Waals surface area contributed by atoms with Crippen LogP contribution < -0.4 is 15.2 Å². The first-order valence-electron chi connectivity index (χ1n) is 9.89. The number of nitrogens with zero attached hydrogens (tertiary/aromatic N) is 4. The van der Waals surface area contributed by atoms with Crippen molar-refractivity contribution in [3.8, 4) is 17.6 Å². The first kappa shape index (κ1) is 21.2. The Labute approximate surface area is 192 Å². The minimum absolute atomic E-state index is 0.00240. The number of hydrogen-bond donors (Lipinski definition) is 2. The van der Waals surface area contributed by atoms with Crippen molar-refractivity contribution < 1.29 is 17.6 Å². The maximum Gasteiger partial charge on any atom is 0.417 e. The van der Waals surface area contributed by atoms with E-state index in [1.807, 2.05) is 25.1 Å². The minimum Gasteiger partial charge on any atom is -0.494 e. The predicted molar refractivity (Wildman–Crippen MR) is 123 cm³/mol. The van der Waals surface area contributed by atoms with Gasteiger partial charge in [-0.3, -0.25) is 9.71 Å². The first-order valence-corrected chi connectivity index (χ1v) is 11.4. The molecule has 0 unspecified atom stereocenters. The number of H-pyrrole nitrogens is 1. The van der Waals surface area contributed by atoms with Crippen molar-refractivity contribution in [2.24, 2.45) is 0 Å². The molecule has 12 heteroatoms. The SMILES string of the molecule is COc1cccc2c(C)cc(-n3ncc(C#N)c3NS(=O)(=O)c3ccc4[nH]c(=O)oc4c3)nc12. The Morgan fingerprint density at radius 3 is 2.82 bits per heavy atom. The molecule has 0 fully saturated rings. The molecule has 0 aliphatic heterocycles. The van der Waals surface area contributed by atoms with Crippen molar-refractivity contribution in [2.75, 3.05) is 11.8 Å². The lowest BCUT2D eigenvalue weighted by Gasteiger charge is -2.13. The number of rotatable bonds is 5. The van der Waals surface area contributed by atoms with Gasteiger partial charge in [0.2, 0.25) is 0 Å². The van der Waals surface area contributed by atoms with E-state index in [2.05, 4.69) is 19.8 Å². The number of para-hydroxylation sites is 1. The minimum atomic E-state index is -4.18. The highest BCUT2D eigenvalue weighted by molar-refractivity contribution is 7.92. The molecule has 5 rings (SSSR count). The highest BCUT2D eigenvalue weighted by Gasteiger charge is 2.23. The molecule has 34 heavy (non-hydrogen) atoms. The summed E-state index contributed by atoms with van der Waals surface area (Å²) in [5.74, 6) is 0.0501. The number of methoxy groups -OCH3 is 1. The number of benzene rings is 2. The molecule has 0 aliphatic carbocycles. The number of nitriles is 1. The zero-order valence-electron chi connectivity index (χ0n) is 17.9. The number of fused-ring (bicyclic) bond motifs is 2. The van der Waals surface area contributed by atoms with Crippen molar-refractivity contribution in [2.45, 2.75) is 11.8 Å². The Balaban J connectivity index is 1.63. The van der Waals surface area contributed by atoms with Crippen LogP contribution in [0.4, 0.5) is 5.82 Å². The summed E-state index contributed by atoms with van der Waals surface area (Å²) >= 11 is 0. The van der Waals surface area contributed by atoms with Crippen LogP contribution >= 0.6 is 0 Å². The number of nitrogens with one attached hydrogen (secondary N) is 2. The van der Waals surface area contributed by atoms with E-state index in [1.54, 1.807) is 12.1 Å². The van der Waals surface area contributed by atoms with Gasteiger partial charge in [-0.25, -0.2) is 18.2 Å². The molecule has 170 valence electrons. The number of oxazole rings is 1. The molecule has 11 nitrogen and oxygen atoms in total. The van der Waals surface area contributed by atoms with Gasteiger partial charge in [0.1, 0.15) is 22.9 Å². The summed E-state index contributed by atoms with van der Waals surface area (Å²) in [5, 5.41) is 14.6. The standard InChI is InChI=1S/C22H16N6O5S/c1-12-8-19(26-20-15(12)4-3-5-17(20)32-2)28-21(13(10-23)11-24-28)27-34(30,31)14-6-7-16-18(9-14)33-22(29)25-16/h3-9,11,27H,1-2H3,(H,25,29). The van der Waals surface area contributed by atoms with Gasteiger partial charge in [0, 0.05) is 11.5 Å². The van der Waals surface area contributed by atoms with Gasteiger partial charge >= 0.3 is 5.76 Å². The Hall–Kier alpha value is -4.63. The zero-order valence-corrected chi connectivity index (χ0v) is 18.7. The van der Waals surface area contributed by atoms with Gasteiger partial charge in [-0.1, -0.05) is 12.1 Å². The fourth-order valence-corrected chi connectivity index (χ4v) is 4.71. The van der Waals surface area contributed by atoms with E-state index in [0.29, 0.717) is 22.6 Å². The molecular formula is C22H16N6O5S. The maximum absolute atomic E-state index is 13.1. The number of pyridine rings is 1. The van der Waals surface area contributed by atoms with Crippen LogP contribution in [0, 0.1) is 18.3 Å². The van der Waals surface area contributed by atoms with E-state index < -0.39 is 15.8 Å². The maximum atomic E-state index is 13.1. The van der Waals surface area contributed by atoms with Crippen LogP contribution in [-0.2, 0) is 10.0 Å². The molecule has 2 N–H and O–H groups in total. The fraction of sp³-hybridized carbons (Fsp3) is 0.0909. The summed E-state index contributed by atoms with van der Waals surface area (Å²) in [4.78, 5) is 18.3. The molecule has 0 saturated heterocycles. The van der Waals surface area contributed by atoms with Crippen LogP contribution in [-0.4, -0.2) is 35.3 Å². The quantitative estimate of drug-likeness (QED) is 0.392. The Kier molecular flexibility index (Phi) is 4.84. The first-order chi connectivity index (χ1) is 16.3. The zero-order chi connectivity index (χ0) is 24.0. The average molecular weight is 476 g/mol. The summed E-state index contributed by atoms with van der Waals surface area (Å²) in [6, 6.07) is 13.1. The Morgan fingerprint density at radius 1 is 1.24 bits per heavy atom. The van der Waals surface area contributed by atoms with Gasteiger partial charge in [-0.15, -0.1) is 0 Å². The summed E-state index contributed by atoms with van der Waals surface area (Å²) in [5.41, 5.74) is 1.86. The summed E-state index contributed by atoms with van der Waals surface area (Å²) < 4.78 is 40.3. The molecule has 0 bridgehead atoms. The second-order valence-corrected chi connectivity index (χ2v) is 9.04. The van der Waals surface area contributed by atoms with Crippen molar-refractivity contribution in [3.63, 3.8) is 0 Å². The number of sulfonamides is 1.